The van der Waals surface area contributed by atoms with Gasteiger partial charge in [0.25, 0.3) is 0 Å². The van der Waals surface area contributed by atoms with Crippen LogP contribution in [0.15, 0.2) is 42.5 Å². The molecule has 1 amide bonds. The van der Waals surface area contributed by atoms with E-state index in [0.29, 0.717) is 13.0 Å². The van der Waals surface area contributed by atoms with Gasteiger partial charge in [-0.2, -0.15) is 0 Å². The second kappa shape index (κ2) is 7.54. The smallest absolute Gasteiger partial charge is 0.242 e. The quantitative estimate of drug-likeness (QED) is 0.638. The van der Waals surface area contributed by atoms with E-state index in [1.807, 2.05) is 30.9 Å². The van der Waals surface area contributed by atoms with E-state index < -0.39 is 0 Å². The number of hydrogen-bond acceptors (Lipinski definition) is 5. The summed E-state index contributed by atoms with van der Waals surface area (Å²) in [6.45, 7) is 4.60. The van der Waals surface area contributed by atoms with E-state index in [2.05, 4.69) is 35.1 Å². The Kier molecular flexibility index (Phi) is 5.10. The van der Waals surface area contributed by atoms with Gasteiger partial charge in [-0.15, -0.1) is 0 Å². The van der Waals surface area contributed by atoms with Crippen molar-refractivity contribution in [2.75, 3.05) is 13.2 Å². The molecule has 2 aliphatic rings. The number of hydrazine groups is 1. The molecule has 0 aromatic heterocycles. The third kappa shape index (κ3) is 3.17. The van der Waals surface area contributed by atoms with Gasteiger partial charge in [-0.1, -0.05) is 47.5 Å². The number of hydrogen-bond donors (Lipinski definition) is 4. The average molecular weight is 381 g/mol. The van der Waals surface area contributed by atoms with Crippen LogP contribution in [-0.2, 0) is 4.79 Å². The van der Waals surface area contributed by atoms with Gasteiger partial charge >= 0.3 is 0 Å². The summed E-state index contributed by atoms with van der Waals surface area (Å²) in [5, 5.41) is 19.8. The molecule has 6 heteroatoms. The molecule has 2 fully saturated rings. The van der Waals surface area contributed by atoms with Crippen LogP contribution in [0, 0.1) is 19.8 Å². The second-order valence-electron chi connectivity index (χ2n) is 7.85. The maximum Gasteiger partial charge on any atom is 0.242 e. The van der Waals surface area contributed by atoms with Crippen LogP contribution in [0.5, 0.6) is 5.75 Å². The standard InChI is InChI=1S/C22H27N3O3/c1-13-4-7-15(8-5-13)21-18-19(16-12-14(2)6-9-17(16)27)23-24-20(18)22(28)25(21)10-3-11-26/h4-9,12,18-21,23-24,26-27H,3,10-11H2,1-2H3. The van der Waals surface area contributed by atoms with Gasteiger partial charge < -0.3 is 15.1 Å². The molecule has 0 saturated carbocycles. The molecular weight excluding hydrogens is 354 g/mol. The van der Waals surface area contributed by atoms with Crippen LogP contribution in [0.25, 0.3) is 0 Å². The Morgan fingerprint density at radius 3 is 2.39 bits per heavy atom. The molecule has 28 heavy (non-hydrogen) atoms. The van der Waals surface area contributed by atoms with Crippen molar-refractivity contribution in [2.45, 2.75) is 38.4 Å². The first-order chi connectivity index (χ1) is 13.5. The average Bonchev–Trinajstić information content (AvgIpc) is 3.22. The molecule has 0 aliphatic carbocycles. The lowest BCUT2D eigenvalue weighted by Crippen LogP contribution is -2.41. The molecule has 6 nitrogen and oxygen atoms in total. The van der Waals surface area contributed by atoms with Crippen molar-refractivity contribution in [3.63, 3.8) is 0 Å². The van der Waals surface area contributed by atoms with Gasteiger partial charge in [0.1, 0.15) is 11.8 Å². The minimum Gasteiger partial charge on any atom is -0.508 e. The Morgan fingerprint density at radius 2 is 1.68 bits per heavy atom. The number of phenols is 1. The Labute approximate surface area is 165 Å². The lowest BCUT2D eigenvalue weighted by molar-refractivity contribution is -0.130. The summed E-state index contributed by atoms with van der Waals surface area (Å²) in [6, 6.07) is 13.2. The highest BCUT2D eigenvalue weighted by molar-refractivity contribution is 5.86. The molecular formula is C22H27N3O3. The maximum atomic E-state index is 13.2. The number of aliphatic hydroxyl groups is 1. The summed E-state index contributed by atoms with van der Waals surface area (Å²) < 4.78 is 0. The Hall–Kier alpha value is -2.41. The molecule has 2 aromatic carbocycles. The third-order valence-electron chi connectivity index (χ3n) is 5.91. The van der Waals surface area contributed by atoms with E-state index in [4.69, 9.17) is 0 Å². The zero-order valence-corrected chi connectivity index (χ0v) is 16.2. The first kappa shape index (κ1) is 18.9. The SMILES string of the molecule is Cc1ccc(C2C3C(NNC3c3cc(C)ccc3O)C(=O)N2CCCO)cc1. The topological polar surface area (TPSA) is 84.8 Å². The first-order valence-corrected chi connectivity index (χ1v) is 9.79. The molecule has 2 aliphatic heterocycles. The van der Waals surface area contributed by atoms with Gasteiger partial charge in [-0.3, -0.25) is 4.79 Å². The van der Waals surface area contributed by atoms with E-state index in [-0.39, 0.29) is 42.3 Å². The molecule has 0 bridgehead atoms. The van der Waals surface area contributed by atoms with Crippen LogP contribution in [-0.4, -0.2) is 40.2 Å². The Morgan fingerprint density at radius 1 is 1.00 bits per heavy atom. The number of likely N-dealkylation sites (tertiary alicyclic amines) is 1. The predicted octanol–water partition coefficient (Wildman–Crippen LogP) is 2.11. The summed E-state index contributed by atoms with van der Waals surface area (Å²) in [4.78, 5) is 15.0. The summed E-state index contributed by atoms with van der Waals surface area (Å²) in [6.07, 6.45) is 0.543. The van der Waals surface area contributed by atoms with E-state index >= 15 is 0 Å². The van der Waals surface area contributed by atoms with Gasteiger partial charge in [0.05, 0.1) is 12.1 Å². The number of rotatable bonds is 5. The molecule has 2 saturated heterocycles. The predicted molar refractivity (Wildman–Crippen MR) is 106 cm³/mol. The van der Waals surface area contributed by atoms with E-state index in [1.165, 1.54) is 5.56 Å². The number of aryl methyl sites for hydroxylation is 2. The van der Waals surface area contributed by atoms with Crippen LogP contribution >= 0.6 is 0 Å². The molecule has 0 spiro atoms. The zero-order valence-electron chi connectivity index (χ0n) is 16.2. The summed E-state index contributed by atoms with van der Waals surface area (Å²) in [5.41, 5.74) is 10.5. The normalized spacial score (nSPS) is 26.7. The fourth-order valence-corrected chi connectivity index (χ4v) is 4.54. The van der Waals surface area contributed by atoms with Crippen molar-refractivity contribution < 1.29 is 15.0 Å². The van der Waals surface area contributed by atoms with Gasteiger partial charge in [0.15, 0.2) is 0 Å². The lowest BCUT2D eigenvalue weighted by atomic mass is 9.82. The highest BCUT2D eigenvalue weighted by Gasteiger charge is 2.55. The van der Waals surface area contributed by atoms with Crippen molar-refractivity contribution in [3.05, 3.63) is 64.7 Å². The first-order valence-electron chi connectivity index (χ1n) is 9.79. The Balaban J connectivity index is 1.77. The second-order valence-corrected chi connectivity index (χ2v) is 7.85. The highest BCUT2D eigenvalue weighted by Crippen LogP contribution is 2.48. The number of carbonyl (C=O) groups is 1. The Bertz CT molecular complexity index is 868. The van der Waals surface area contributed by atoms with Crippen molar-refractivity contribution in [3.8, 4) is 5.75 Å². The third-order valence-corrected chi connectivity index (χ3v) is 5.91. The number of fused-ring (bicyclic) bond motifs is 1. The summed E-state index contributed by atoms with van der Waals surface area (Å²) >= 11 is 0. The number of carbonyl (C=O) groups excluding carboxylic acids is 1. The molecule has 4 unspecified atom stereocenters. The molecule has 4 N–H and O–H groups in total. The lowest BCUT2D eigenvalue weighted by Gasteiger charge is -2.31. The molecule has 148 valence electrons. The minimum atomic E-state index is -0.366. The molecule has 2 aromatic rings. The molecule has 2 heterocycles. The van der Waals surface area contributed by atoms with Gasteiger partial charge in [0.2, 0.25) is 5.91 Å². The van der Waals surface area contributed by atoms with Crippen LogP contribution < -0.4 is 10.9 Å². The zero-order chi connectivity index (χ0) is 19.8. The summed E-state index contributed by atoms with van der Waals surface area (Å²) in [7, 11) is 0. The number of aliphatic hydroxyl groups excluding tert-OH is 1. The molecule has 4 rings (SSSR count). The fourth-order valence-electron chi connectivity index (χ4n) is 4.54. The van der Waals surface area contributed by atoms with Crippen LogP contribution in [0.1, 0.15) is 40.8 Å². The molecule has 0 radical (unpaired) electrons. The molecule has 4 atom stereocenters. The number of nitrogens with one attached hydrogen (secondary N) is 2. The largest absolute Gasteiger partial charge is 0.508 e. The fraction of sp³-hybridized carbons (Fsp3) is 0.409. The number of phenolic OH excluding ortho intramolecular Hbond substituents is 1. The maximum absolute atomic E-state index is 13.2. The van der Waals surface area contributed by atoms with Gasteiger partial charge in [0, 0.05) is 24.6 Å². The van der Waals surface area contributed by atoms with Crippen LogP contribution in [0.2, 0.25) is 0 Å². The summed E-state index contributed by atoms with van der Waals surface area (Å²) in [5.74, 6) is 0.197. The number of aromatic hydroxyl groups is 1. The number of benzene rings is 2. The van der Waals surface area contributed by atoms with Crippen LogP contribution in [0.3, 0.4) is 0 Å². The van der Waals surface area contributed by atoms with E-state index in [9.17, 15) is 15.0 Å². The van der Waals surface area contributed by atoms with Crippen molar-refractivity contribution in [1.29, 1.82) is 0 Å². The number of nitrogens with zero attached hydrogens (tertiary/aromatic N) is 1. The van der Waals surface area contributed by atoms with Gasteiger partial charge in [-0.25, -0.2) is 10.9 Å². The van der Waals surface area contributed by atoms with Crippen molar-refractivity contribution in [1.82, 2.24) is 15.8 Å². The minimum absolute atomic E-state index is 0.0335. The van der Waals surface area contributed by atoms with Crippen molar-refractivity contribution in [2.24, 2.45) is 5.92 Å². The van der Waals surface area contributed by atoms with Crippen molar-refractivity contribution >= 4 is 5.91 Å². The monoisotopic (exact) mass is 381 g/mol. The van der Waals surface area contributed by atoms with E-state index in [1.54, 1.807) is 6.07 Å². The highest BCUT2D eigenvalue weighted by atomic mass is 16.3. The number of amides is 1. The van der Waals surface area contributed by atoms with E-state index in [0.717, 1.165) is 16.7 Å². The van der Waals surface area contributed by atoms with Gasteiger partial charge in [-0.05, 0) is 31.9 Å². The van der Waals surface area contributed by atoms with Crippen LogP contribution in [0.4, 0.5) is 0 Å².